The highest BCUT2D eigenvalue weighted by Crippen LogP contribution is 2.25. The quantitative estimate of drug-likeness (QED) is 0.671. The number of halogens is 1. The van der Waals surface area contributed by atoms with Gasteiger partial charge in [0.15, 0.2) is 5.69 Å². The number of carbonyl (C=O) groups excluding carboxylic acids is 1. The minimum absolute atomic E-state index is 0.120. The number of hydrogen-bond acceptors (Lipinski definition) is 4. The van der Waals surface area contributed by atoms with Gasteiger partial charge in [0.25, 0.3) is 5.91 Å². The SMILES string of the molecule is CC(C)c1[nH]nc(C(=O)NCCCN2CCNCC2)c1Br. The highest BCUT2D eigenvalue weighted by molar-refractivity contribution is 9.10. The first-order valence-electron chi connectivity index (χ1n) is 7.54. The van der Waals surface area contributed by atoms with Gasteiger partial charge in [0, 0.05) is 32.7 Å². The van der Waals surface area contributed by atoms with Gasteiger partial charge in [-0.2, -0.15) is 5.10 Å². The molecular formula is C14H24BrN5O. The van der Waals surface area contributed by atoms with Gasteiger partial charge < -0.3 is 15.5 Å². The number of nitrogens with one attached hydrogen (secondary N) is 3. The van der Waals surface area contributed by atoms with Crippen LogP contribution in [0.25, 0.3) is 0 Å². The molecule has 2 rings (SSSR count). The summed E-state index contributed by atoms with van der Waals surface area (Å²) >= 11 is 3.45. The molecule has 3 N–H and O–H groups in total. The fourth-order valence-electron chi connectivity index (χ4n) is 2.40. The second kappa shape index (κ2) is 7.91. The molecule has 1 saturated heterocycles. The molecule has 7 heteroatoms. The lowest BCUT2D eigenvalue weighted by atomic mass is 10.1. The average molecular weight is 358 g/mol. The molecule has 0 saturated carbocycles. The van der Waals surface area contributed by atoms with Gasteiger partial charge in [0.1, 0.15) is 0 Å². The van der Waals surface area contributed by atoms with Crippen molar-refractivity contribution in [3.05, 3.63) is 15.9 Å². The predicted molar refractivity (Wildman–Crippen MR) is 86.6 cm³/mol. The van der Waals surface area contributed by atoms with E-state index in [1.807, 2.05) is 0 Å². The van der Waals surface area contributed by atoms with Crippen LogP contribution in [0.4, 0.5) is 0 Å². The van der Waals surface area contributed by atoms with Crippen molar-refractivity contribution in [2.45, 2.75) is 26.2 Å². The van der Waals surface area contributed by atoms with Crippen LogP contribution in [0.3, 0.4) is 0 Å². The summed E-state index contributed by atoms with van der Waals surface area (Å²) in [5.74, 6) is 0.187. The zero-order valence-electron chi connectivity index (χ0n) is 12.7. The molecule has 21 heavy (non-hydrogen) atoms. The Morgan fingerprint density at radius 1 is 1.43 bits per heavy atom. The molecule has 118 valence electrons. The van der Waals surface area contributed by atoms with E-state index in [0.717, 1.165) is 49.3 Å². The predicted octanol–water partition coefficient (Wildman–Crippen LogP) is 1.32. The second-order valence-electron chi connectivity index (χ2n) is 5.66. The number of aromatic nitrogens is 2. The summed E-state index contributed by atoms with van der Waals surface area (Å²) in [5.41, 5.74) is 1.40. The van der Waals surface area contributed by atoms with Crippen molar-refractivity contribution in [1.82, 2.24) is 25.7 Å². The minimum atomic E-state index is -0.120. The summed E-state index contributed by atoms with van der Waals surface area (Å²) in [6, 6.07) is 0. The molecule has 0 aliphatic carbocycles. The highest BCUT2D eigenvalue weighted by Gasteiger charge is 2.18. The Hall–Kier alpha value is -0.920. The first-order valence-corrected chi connectivity index (χ1v) is 8.34. The van der Waals surface area contributed by atoms with Gasteiger partial charge in [-0.3, -0.25) is 9.89 Å². The summed E-state index contributed by atoms with van der Waals surface area (Å²) in [6.07, 6.45) is 0.963. The molecule has 1 fully saturated rings. The number of hydrogen-bond donors (Lipinski definition) is 3. The summed E-state index contributed by atoms with van der Waals surface area (Å²) in [5, 5.41) is 13.3. The topological polar surface area (TPSA) is 73.0 Å². The summed E-state index contributed by atoms with van der Waals surface area (Å²) in [7, 11) is 0. The maximum Gasteiger partial charge on any atom is 0.272 e. The number of aromatic amines is 1. The number of piperazine rings is 1. The Morgan fingerprint density at radius 2 is 2.14 bits per heavy atom. The number of carbonyl (C=O) groups is 1. The molecule has 0 atom stereocenters. The Morgan fingerprint density at radius 3 is 2.76 bits per heavy atom. The van der Waals surface area contributed by atoms with E-state index in [9.17, 15) is 4.79 Å². The first kappa shape index (κ1) is 16.5. The number of H-pyrrole nitrogens is 1. The summed E-state index contributed by atoms with van der Waals surface area (Å²) in [6.45, 7) is 10.1. The standard InChI is InChI=1S/C14H24BrN5O/c1-10(2)12-11(15)13(19-18-12)14(21)17-4-3-7-20-8-5-16-6-9-20/h10,16H,3-9H2,1-2H3,(H,17,21)(H,18,19). The maximum absolute atomic E-state index is 12.1. The van der Waals surface area contributed by atoms with Gasteiger partial charge in [-0.15, -0.1) is 0 Å². The molecule has 0 radical (unpaired) electrons. The van der Waals surface area contributed by atoms with Crippen LogP contribution in [0, 0.1) is 0 Å². The maximum atomic E-state index is 12.1. The van der Waals surface area contributed by atoms with Crippen molar-refractivity contribution in [3.8, 4) is 0 Å². The zero-order chi connectivity index (χ0) is 15.2. The first-order chi connectivity index (χ1) is 10.1. The van der Waals surface area contributed by atoms with Crippen LogP contribution in [-0.4, -0.2) is 60.3 Å². The smallest absolute Gasteiger partial charge is 0.272 e. The largest absolute Gasteiger partial charge is 0.351 e. The van der Waals surface area contributed by atoms with Crippen LogP contribution in [0.15, 0.2) is 4.47 Å². The Bertz CT molecular complexity index is 468. The van der Waals surface area contributed by atoms with Crippen LogP contribution in [0.1, 0.15) is 42.4 Å². The number of amides is 1. The minimum Gasteiger partial charge on any atom is -0.351 e. The molecule has 1 aliphatic heterocycles. The third-order valence-corrected chi connectivity index (χ3v) is 4.47. The van der Waals surface area contributed by atoms with E-state index in [0.29, 0.717) is 18.2 Å². The Balaban J connectivity index is 1.74. The third kappa shape index (κ3) is 4.52. The summed E-state index contributed by atoms with van der Waals surface area (Å²) in [4.78, 5) is 14.5. The van der Waals surface area contributed by atoms with E-state index < -0.39 is 0 Å². The molecule has 1 aromatic heterocycles. The van der Waals surface area contributed by atoms with E-state index in [1.165, 1.54) is 0 Å². The van der Waals surface area contributed by atoms with Crippen molar-refractivity contribution in [2.75, 3.05) is 39.3 Å². The van der Waals surface area contributed by atoms with Gasteiger partial charge in [0.2, 0.25) is 0 Å². The normalized spacial score (nSPS) is 16.4. The molecule has 0 aromatic carbocycles. The van der Waals surface area contributed by atoms with Crippen LogP contribution in [0.2, 0.25) is 0 Å². The fourth-order valence-corrected chi connectivity index (χ4v) is 3.21. The van der Waals surface area contributed by atoms with Crippen molar-refractivity contribution in [2.24, 2.45) is 0 Å². The molecule has 1 aliphatic rings. The van der Waals surface area contributed by atoms with Gasteiger partial charge in [-0.1, -0.05) is 13.8 Å². The number of rotatable bonds is 6. The molecule has 0 bridgehead atoms. The average Bonchev–Trinajstić information content (AvgIpc) is 2.86. The van der Waals surface area contributed by atoms with Gasteiger partial charge in [-0.05, 0) is 34.8 Å². The number of nitrogens with zero attached hydrogens (tertiary/aromatic N) is 2. The molecule has 1 aromatic rings. The zero-order valence-corrected chi connectivity index (χ0v) is 14.3. The van der Waals surface area contributed by atoms with Gasteiger partial charge in [0.05, 0.1) is 10.2 Å². The lowest BCUT2D eigenvalue weighted by molar-refractivity contribution is 0.0945. The molecule has 2 heterocycles. The van der Waals surface area contributed by atoms with Crippen molar-refractivity contribution in [3.63, 3.8) is 0 Å². The summed E-state index contributed by atoms with van der Waals surface area (Å²) < 4.78 is 0.775. The van der Waals surface area contributed by atoms with Gasteiger partial charge in [-0.25, -0.2) is 0 Å². The van der Waals surface area contributed by atoms with Crippen molar-refractivity contribution < 1.29 is 4.79 Å². The van der Waals surface area contributed by atoms with E-state index in [1.54, 1.807) is 0 Å². The third-order valence-electron chi connectivity index (χ3n) is 3.67. The molecule has 6 nitrogen and oxygen atoms in total. The lowest BCUT2D eigenvalue weighted by Crippen LogP contribution is -2.44. The van der Waals surface area contributed by atoms with Crippen LogP contribution in [-0.2, 0) is 0 Å². The van der Waals surface area contributed by atoms with E-state index in [4.69, 9.17) is 0 Å². The Labute approximate surface area is 134 Å². The molecule has 0 spiro atoms. The lowest BCUT2D eigenvalue weighted by Gasteiger charge is -2.27. The second-order valence-corrected chi connectivity index (χ2v) is 6.45. The van der Waals surface area contributed by atoms with E-state index in [2.05, 4.69) is 55.5 Å². The monoisotopic (exact) mass is 357 g/mol. The van der Waals surface area contributed by atoms with Crippen LogP contribution >= 0.6 is 15.9 Å². The van der Waals surface area contributed by atoms with Crippen LogP contribution < -0.4 is 10.6 Å². The van der Waals surface area contributed by atoms with Crippen molar-refractivity contribution in [1.29, 1.82) is 0 Å². The van der Waals surface area contributed by atoms with E-state index >= 15 is 0 Å². The van der Waals surface area contributed by atoms with Crippen molar-refractivity contribution >= 4 is 21.8 Å². The highest BCUT2D eigenvalue weighted by atomic mass is 79.9. The van der Waals surface area contributed by atoms with Crippen LogP contribution in [0.5, 0.6) is 0 Å². The molecule has 0 unspecified atom stereocenters. The molecular weight excluding hydrogens is 334 g/mol. The fraction of sp³-hybridized carbons (Fsp3) is 0.714. The molecule has 1 amide bonds. The van der Waals surface area contributed by atoms with E-state index in [-0.39, 0.29) is 5.91 Å². The Kier molecular flexibility index (Phi) is 6.20. The van der Waals surface area contributed by atoms with Gasteiger partial charge >= 0.3 is 0 Å².